The van der Waals surface area contributed by atoms with Gasteiger partial charge in [-0.05, 0) is 17.7 Å². The standard InChI is InChI=1S/C8H7Cl3N2S.ClH/c9-4-1-6(10)5(7(11)2-4)3-14-8(12)13;/h1-2H,3H2,(H3,12,13);1H. The van der Waals surface area contributed by atoms with Gasteiger partial charge in [0.05, 0.1) is 0 Å². The van der Waals surface area contributed by atoms with Gasteiger partial charge in [-0.15, -0.1) is 12.4 Å². The molecule has 1 aromatic carbocycles. The van der Waals surface area contributed by atoms with E-state index in [9.17, 15) is 0 Å². The van der Waals surface area contributed by atoms with Gasteiger partial charge in [0.2, 0.25) is 0 Å². The van der Waals surface area contributed by atoms with Gasteiger partial charge in [0, 0.05) is 20.8 Å². The highest BCUT2D eigenvalue weighted by atomic mass is 35.5. The van der Waals surface area contributed by atoms with Crippen molar-refractivity contribution in [3.05, 3.63) is 32.8 Å². The van der Waals surface area contributed by atoms with Gasteiger partial charge in [0.25, 0.3) is 0 Å². The van der Waals surface area contributed by atoms with E-state index in [2.05, 4.69) is 0 Å². The minimum atomic E-state index is 0. The summed E-state index contributed by atoms with van der Waals surface area (Å²) >= 11 is 18.8. The summed E-state index contributed by atoms with van der Waals surface area (Å²) in [5, 5.41) is 8.58. The van der Waals surface area contributed by atoms with Crippen LogP contribution in [0.4, 0.5) is 0 Å². The third kappa shape index (κ3) is 4.70. The van der Waals surface area contributed by atoms with Crippen LogP contribution < -0.4 is 5.73 Å². The number of benzene rings is 1. The second-order valence-corrected chi connectivity index (χ2v) is 4.77. The van der Waals surface area contributed by atoms with Crippen molar-refractivity contribution in [1.82, 2.24) is 0 Å². The second-order valence-electron chi connectivity index (χ2n) is 2.50. The summed E-state index contributed by atoms with van der Waals surface area (Å²) in [7, 11) is 0. The molecular formula is C8H8Cl4N2S. The number of nitrogens with one attached hydrogen (secondary N) is 1. The second kappa shape index (κ2) is 6.71. The molecule has 0 heterocycles. The highest BCUT2D eigenvalue weighted by molar-refractivity contribution is 8.13. The van der Waals surface area contributed by atoms with E-state index >= 15 is 0 Å². The molecule has 1 rings (SSSR count). The van der Waals surface area contributed by atoms with Crippen LogP contribution in [-0.4, -0.2) is 5.17 Å². The molecule has 0 saturated heterocycles. The summed E-state index contributed by atoms with van der Waals surface area (Å²) in [6, 6.07) is 3.23. The van der Waals surface area contributed by atoms with E-state index in [0.29, 0.717) is 20.8 Å². The van der Waals surface area contributed by atoms with Gasteiger partial charge < -0.3 is 5.73 Å². The summed E-state index contributed by atoms with van der Waals surface area (Å²) in [5.74, 6) is 0.476. The quantitative estimate of drug-likeness (QED) is 0.635. The molecule has 1 aromatic rings. The van der Waals surface area contributed by atoms with Gasteiger partial charge in [-0.3, -0.25) is 5.41 Å². The van der Waals surface area contributed by atoms with E-state index in [0.717, 1.165) is 5.56 Å². The van der Waals surface area contributed by atoms with Crippen LogP contribution in [0.2, 0.25) is 15.1 Å². The van der Waals surface area contributed by atoms with Gasteiger partial charge in [-0.25, -0.2) is 0 Å². The first-order chi connectivity index (χ1) is 6.50. The maximum Gasteiger partial charge on any atom is 0.151 e. The Bertz CT molecular complexity index is 347. The lowest BCUT2D eigenvalue weighted by atomic mass is 10.2. The largest absolute Gasteiger partial charge is 0.379 e. The van der Waals surface area contributed by atoms with Gasteiger partial charge in [-0.1, -0.05) is 46.6 Å². The topological polar surface area (TPSA) is 49.9 Å². The normalized spacial score (nSPS) is 9.53. The number of hydrogen-bond donors (Lipinski definition) is 2. The molecule has 0 amide bonds. The van der Waals surface area contributed by atoms with Crippen molar-refractivity contribution in [2.75, 3.05) is 0 Å². The number of amidine groups is 1. The predicted molar refractivity (Wildman–Crippen MR) is 71.9 cm³/mol. The van der Waals surface area contributed by atoms with Crippen LogP contribution in [-0.2, 0) is 5.75 Å². The van der Waals surface area contributed by atoms with Gasteiger partial charge in [0.15, 0.2) is 5.17 Å². The molecule has 15 heavy (non-hydrogen) atoms. The third-order valence-corrected chi connectivity index (χ3v) is 3.11. The van der Waals surface area contributed by atoms with Crippen LogP contribution in [0.15, 0.2) is 12.1 Å². The van der Waals surface area contributed by atoms with Crippen molar-refractivity contribution in [3.8, 4) is 0 Å². The fourth-order valence-electron chi connectivity index (χ4n) is 0.860. The smallest absolute Gasteiger partial charge is 0.151 e. The summed E-state index contributed by atoms with van der Waals surface area (Å²) in [4.78, 5) is 0. The first-order valence-corrected chi connectivity index (χ1v) is 5.73. The Hall–Kier alpha value is 0.200. The molecule has 0 radical (unpaired) electrons. The number of halogens is 4. The Labute approximate surface area is 113 Å². The van der Waals surface area contributed by atoms with Crippen LogP contribution >= 0.6 is 59.0 Å². The molecule has 0 aliphatic carbocycles. The SMILES string of the molecule is Cl.N=C(N)SCc1c(Cl)cc(Cl)cc1Cl. The van der Waals surface area contributed by atoms with Crippen molar-refractivity contribution in [3.63, 3.8) is 0 Å². The van der Waals surface area contributed by atoms with Crippen molar-refractivity contribution in [2.24, 2.45) is 5.73 Å². The molecule has 2 nitrogen and oxygen atoms in total. The molecule has 0 aromatic heterocycles. The Kier molecular flexibility index (Phi) is 6.80. The first kappa shape index (κ1) is 15.2. The highest BCUT2D eigenvalue weighted by Gasteiger charge is 2.08. The molecule has 3 N–H and O–H groups in total. The zero-order valence-electron chi connectivity index (χ0n) is 7.39. The highest BCUT2D eigenvalue weighted by Crippen LogP contribution is 2.31. The van der Waals surface area contributed by atoms with E-state index in [1.54, 1.807) is 12.1 Å². The number of hydrogen-bond acceptors (Lipinski definition) is 2. The molecule has 7 heteroatoms. The average molecular weight is 306 g/mol. The van der Waals surface area contributed by atoms with Crippen LogP contribution in [0.3, 0.4) is 0 Å². The van der Waals surface area contributed by atoms with Crippen molar-refractivity contribution >= 4 is 64.1 Å². The van der Waals surface area contributed by atoms with Gasteiger partial charge >= 0.3 is 0 Å². The molecule has 0 atom stereocenters. The number of nitrogens with two attached hydrogens (primary N) is 1. The van der Waals surface area contributed by atoms with E-state index in [1.807, 2.05) is 0 Å². The lowest BCUT2D eigenvalue weighted by Gasteiger charge is -2.06. The van der Waals surface area contributed by atoms with Crippen molar-refractivity contribution in [2.45, 2.75) is 5.75 Å². The van der Waals surface area contributed by atoms with Crippen LogP contribution in [0.25, 0.3) is 0 Å². The predicted octanol–water partition coefficient (Wildman–Crippen LogP) is 4.20. The summed E-state index contributed by atoms with van der Waals surface area (Å²) in [6.45, 7) is 0. The molecule has 0 aliphatic rings. The van der Waals surface area contributed by atoms with E-state index in [4.69, 9.17) is 45.9 Å². The van der Waals surface area contributed by atoms with Gasteiger partial charge in [0.1, 0.15) is 0 Å². The lowest BCUT2D eigenvalue weighted by Crippen LogP contribution is -2.04. The fourth-order valence-corrected chi connectivity index (χ4v) is 2.58. The minimum absolute atomic E-state index is 0. The van der Waals surface area contributed by atoms with E-state index in [-0.39, 0.29) is 17.6 Å². The van der Waals surface area contributed by atoms with E-state index < -0.39 is 0 Å². The number of rotatable bonds is 2. The lowest BCUT2D eigenvalue weighted by molar-refractivity contribution is 1.41. The molecule has 0 saturated carbocycles. The zero-order chi connectivity index (χ0) is 10.7. The summed E-state index contributed by atoms with van der Waals surface area (Å²) in [5.41, 5.74) is 5.95. The third-order valence-electron chi connectivity index (χ3n) is 1.48. The van der Waals surface area contributed by atoms with Crippen molar-refractivity contribution in [1.29, 1.82) is 5.41 Å². The molecule has 0 unspecified atom stereocenters. The first-order valence-electron chi connectivity index (χ1n) is 3.61. The van der Waals surface area contributed by atoms with E-state index in [1.165, 1.54) is 11.8 Å². The Balaban J connectivity index is 0.00000196. The molecule has 0 fully saturated rings. The summed E-state index contributed by atoms with van der Waals surface area (Å²) in [6.07, 6.45) is 0. The van der Waals surface area contributed by atoms with Crippen LogP contribution in [0.1, 0.15) is 5.56 Å². The molecule has 0 aliphatic heterocycles. The molecule has 0 bridgehead atoms. The fraction of sp³-hybridized carbons (Fsp3) is 0.125. The average Bonchev–Trinajstić information content (AvgIpc) is 2.01. The summed E-state index contributed by atoms with van der Waals surface area (Å²) < 4.78 is 0. The van der Waals surface area contributed by atoms with Crippen molar-refractivity contribution < 1.29 is 0 Å². The Morgan fingerprint density at radius 3 is 2.13 bits per heavy atom. The molecule has 84 valence electrons. The maximum atomic E-state index is 7.06. The maximum absolute atomic E-state index is 7.06. The minimum Gasteiger partial charge on any atom is -0.379 e. The Morgan fingerprint density at radius 2 is 1.73 bits per heavy atom. The Morgan fingerprint density at radius 1 is 1.27 bits per heavy atom. The molecule has 0 spiro atoms. The molecular weight excluding hydrogens is 298 g/mol. The van der Waals surface area contributed by atoms with Crippen LogP contribution in [0.5, 0.6) is 0 Å². The monoisotopic (exact) mass is 304 g/mol. The van der Waals surface area contributed by atoms with Gasteiger partial charge in [-0.2, -0.15) is 0 Å². The number of thioether (sulfide) groups is 1. The zero-order valence-corrected chi connectivity index (χ0v) is 11.3. The van der Waals surface area contributed by atoms with Crippen LogP contribution in [0, 0.1) is 5.41 Å².